The molecule has 0 amide bonds. The smallest absolute Gasteiger partial charge is 0.120 e. The van der Waals surface area contributed by atoms with E-state index in [1.165, 1.54) is 30.5 Å². The zero-order valence-electron chi connectivity index (χ0n) is 17.5. The molecule has 0 N–H and O–H groups in total. The fourth-order valence-electron chi connectivity index (χ4n) is 5.95. The molecule has 5 aliphatic rings. The van der Waals surface area contributed by atoms with E-state index in [0.29, 0.717) is 18.6 Å². The lowest BCUT2D eigenvalue weighted by molar-refractivity contribution is -0.274. The van der Waals surface area contributed by atoms with E-state index in [-0.39, 0.29) is 11.7 Å². The number of aromatic nitrogens is 1. The largest absolute Gasteiger partial charge is 0.489 e. The Morgan fingerprint density at radius 3 is 2.87 bits per heavy atom. The lowest BCUT2D eigenvalue weighted by atomic mass is 9.66. The van der Waals surface area contributed by atoms with Gasteiger partial charge >= 0.3 is 0 Å². The van der Waals surface area contributed by atoms with Crippen LogP contribution < -0.4 is 4.74 Å². The maximum atomic E-state index is 6.91. The second kappa shape index (κ2) is 7.07. The summed E-state index contributed by atoms with van der Waals surface area (Å²) in [5, 5.41) is 1.16. The van der Waals surface area contributed by atoms with Crippen molar-refractivity contribution in [3.05, 3.63) is 71.9 Å². The van der Waals surface area contributed by atoms with Crippen LogP contribution in [0.1, 0.15) is 43.4 Å². The zero-order valence-corrected chi connectivity index (χ0v) is 17.5. The van der Waals surface area contributed by atoms with Crippen molar-refractivity contribution in [2.75, 3.05) is 13.1 Å². The number of benzene rings is 2. The van der Waals surface area contributed by atoms with Crippen LogP contribution in [0.5, 0.6) is 5.75 Å². The minimum Gasteiger partial charge on any atom is -0.489 e. The number of rotatable bonds is 5. The Morgan fingerprint density at radius 2 is 2.07 bits per heavy atom. The number of ether oxygens (including phenoxy) is 2. The van der Waals surface area contributed by atoms with Gasteiger partial charge in [-0.25, -0.2) is 0 Å². The predicted octanol–water partition coefficient (Wildman–Crippen LogP) is 5.13. The highest BCUT2D eigenvalue weighted by atomic mass is 16.5. The van der Waals surface area contributed by atoms with Gasteiger partial charge in [0.25, 0.3) is 0 Å². The molecule has 4 nitrogen and oxygen atoms in total. The zero-order chi connectivity index (χ0) is 20.1. The van der Waals surface area contributed by atoms with Crippen LogP contribution >= 0.6 is 0 Å². The average molecular weight is 401 g/mol. The van der Waals surface area contributed by atoms with Crippen molar-refractivity contribution >= 4 is 10.9 Å². The number of piperidine rings is 3. The molecule has 30 heavy (non-hydrogen) atoms. The summed E-state index contributed by atoms with van der Waals surface area (Å²) in [7, 11) is 0. The van der Waals surface area contributed by atoms with Gasteiger partial charge in [0.15, 0.2) is 0 Å². The van der Waals surface area contributed by atoms with E-state index >= 15 is 0 Å². The predicted molar refractivity (Wildman–Crippen MR) is 117 cm³/mol. The third-order valence-corrected chi connectivity index (χ3v) is 7.59. The molecule has 4 bridgehead atoms. The van der Waals surface area contributed by atoms with Crippen LogP contribution in [0, 0.1) is 5.92 Å². The third-order valence-electron chi connectivity index (χ3n) is 7.59. The van der Waals surface area contributed by atoms with Gasteiger partial charge in [-0.3, -0.25) is 9.88 Å². The maximum Gasteiger partial charge on any atom is 0.120 e. The fraction of sp³-hybridized carbons (Fsp3) is 0.423. The summed E-state index contributed by atoms with van der Waals surface area (Å²) in [5.41, 5.74) is 3.47. The molecule has 2 aromatic carbocycles. The van der Waals surface area contributed by atoms with Crippen LogP contribution in [0.25, 0.3) is 10.9 Å². The Bertz CT molecular complexity index is 1070. The van der Waals surface area contributed by atoms with E-state index in [0.717, 1.165) is 29.6 Å². The van der Waals surface area contributed by atoms with Crippen LogP contribution in [-0.4, -0.2) is 34.6 Å². The molecular weight excluding hydrogens is 372 g/mol. The van der Waals surface area contributed by atoms with E-state index in [1.807, 2.05) is 30.5 Å². The van der Waals surface area contributed by atoms with Crippen molar-refractivity contribution in [1.82, 2.24) is 9.88 Å². The van der Waals surface area contributed by atoms with Gasteiger partial charge in [-0.1, -0.05) is 37.3 Å². The van der Waals surface area contributed by atoms with Crippen molar-refractivity contribution in [2.45, 2.75) is 50.5 Å². The van der Waals surface area contributed by atoms with Crippen molar-refractivity contribution in [1.29, 1.82) is 0 Å². The lowest BCUT2D eigenvalue weighted by Crippen LogP contribution is -2.70. The first kappa shape index (κ1) is 18.3. The van der Waals surface area contributed by atoms with Crippen LogP contribution in [0.2, 0.25) is 0 Å². The van der Waals surface area contributed by atoms with Gasteiger partial charge < -0.3 is 9.47 Å². The van der Waals surface area contributed by atoms with E-state index in [2.05, 4.69) is 47.1 Å². The van der Waals surface area contributed by atoms with Gasteiger partial charge in [0, 0.05) is 24.2 Å². The first-order valence-corrected chi connectivity index (χ1v) is 11.2. The number of morpholine rings is 1. The molecule has 0 aliphatic carbocycles. The number of fused-ring (bicyclic) bond motifs is 3. The van der Waals surface area contributed by atoms with Crippen LogP contribution in [0.3, 0.4) is 0 Å². The lowest BCUT2D eigenvalue weighted by Gasteiger charge is -2.64. The van der Waals surface area contributed by atoms with E-state index in [4.69, 9.17) is 9.47 Å². The highest BCUT2D eigenvalue weighted by Gasteiger charge is 2.58. The van der Waals surface area contributed by atoms with Gasteiger partial charge in [0.1, 0.15) is 12.4 Å². The number of hydrogen-bond acceptors (Lipinski definition) is 4. The quantitative estimate of drug-likeness (QED) is 0.595. The highest BCUT2D eigenvalue weighted by molar-refractivity contribution is 5.84. The SMILES string of the molecule is CCC12CN3CCC1CC3[C@H](c1ccnc3ccc(OCc4ccccc4)cc13)O2. The van der Waals surface area contributed by atoms with E-state index in [1.54, 1.807) is 0 Å². The number of pyridine rings is 1. The molecule has 4 heteroatoms. The number of nitrogens with zero attached hydrogens (tertiary/aromatic N) is 2. The molecule has 1 aromatic heterocycles. The van der Waals surface area contributed by atoms with Gasteiger partial charge in [0.05, 0.1) is 17.2 Å². The second-order valence-corrected chi connectivity index (χ2v) is 9.07. The Hall–Kier alpha value is -2.43. The minimum absolute atomic E-state index is 0.0225. The van der Waals surface area contributed by atoms with Gasteiger partial charge in [-0.05, 0) is 67.1 Å². The highest BCUT2D eigenvalue weighted by Crippen LogP contribution is 2.54. The summed E-state index contributed by atoms with van der Waals surface area (Å²) in [5.74, 6) is 1.60. The second-order valence-electron chi connectivity index (χ2n) is 9.07. The average Bonchev–Trinajstić information content (AvgIpc) is 2.82. The molecule has 5 atom stereocenters. The van der Waals surface area contributed by atoms with E-state index < -0.39 is 0 Å². The maximum absolute atomic E-state index is 6.91. The molecule has 6 heterocycles. The Labute approximate surface area is 177 Å². The van der Waals surface area contributed by atoms with Gasteiger partial charge in [0.2, 0.25) is 0 Å². The van der Waals surface area contributed by atoms with Crippen molar-refractivity contribution in [3.63, 3.8) is 0 Å². The summed E-state index contributed by atoms with van der Waals surface area (Å²) >= 11 is 0. The Kier molecular flexibility index (Phi) is 4.32. The Morgan fingerprint density at radius 1 is 1.17 bits per heavy atom. The Balaban J connectivity index is 1.34. The minimum atomic E-state index is 0.0225. The molecular formula is C26H28N2O2. The third kappa shape index (κ3) is 2.85. The molecule has 0 radical (unpaired) electrons. The normalized spacial score (nSPS) is 31.9. The van der Waals surface area contributed by atoms with Crippen LogP contribution in [0.15, 0.2) is 60.8 Å². The summed E-state index contributed by atoms with van der Waals surface area (Å²) in [6.07, 6.45) is 5.68. The van der Waals surface area contributed by atoms with Crippen molar-refractivity contribution < 1.29 is 9.47 Å². The molecule has 0 saturated carbocycles. The molecule has 5 fully saturated rings. The van der Waals surface area contributed by atoms with Gasteiger partial charge in [-0.2, -0.15) is 0 Å². The standard InChI is InChI=1S/C26H28N2O2/c1-2-26-17-28-13-11-19(26)14-24(28)25(30-26)21-10-12-27-23-9-8-20(15-22(21)23)29-16-18-6-4-3-5-7-18/h3-10,12,15,19,24-25H,2,11,13-14,16-17H2,1H3/t19?,24?,25-,26?/m0/s1. The molecule has 8 rings (SSSR count). The molecule has 5 aliphatic heterocycles. The topological polar surface area (TPSA) is 34.6 Å². The first-order valence-electron chi connectivity index (χ1n) is 11.2. The van der Waals surface area contributed by atoms with Crippen LogP contribution in [0.4, 0.5) is 0 Å². The molecule has 4 unspecified atom stereocenters. The molecule has 5 saturated heterocycles. The summed E-state index contributed by atoms with van der Waals surface area (Å²) in [4.78, 5) is 7.30. The number of hydrogen-bond donors (Lipinski definition) is 0. The summed E-state index contributed by atoms with van der Waals surface area (Å²) < 4.78 is 13.0. The van der Waals surface area contributed by atoms with Gasteiger partial charge in [-0.15, -0.1) is 0 Å². The monoisotopic (exact) mass is 400 g/mol. The van der Waals surface area contributed by atoms with Crippen LogP contribution in [-0.2, 0) is 11.3 Å². The summed E-state index contributed by atoms with van der Waals surface area (Å²) in [6.45, 7) is 5.17. The molecule has 154 valence electrons. The summed E-state index contributed by atoms with van der Waals surface area (Å²) in [6, 6.07) is 19.2. The van der Waals surface area contributed by atoms with Crippen molar-refractivity contribution in [2.24, 2.45) is 5.92 Å². The molecule has 0 spiro atoms. The molecule has 3 aromatic rings. The first-order chi connectivity index (χ1) is 14.8. The van der Waals surface area contributed by atoms with Crippen molar-refractivity contribution in [3.8, 4) is 5.75 Å². The van der Waals surface area contributed by atoms with E-state index in [9.17, 15) is 0 Å². The fourth-order valence-corrected chi connectivity index (χ4v) is 5.95.